The summed E-state index contributed by atoms with van der Waals surface area (Å²) in [7, 11) is 0. The first kappa shape index (κ1) is 15.6. The zero-order valence-corrected chi connectivity index (χ0v) is 13.0. The summed E-state index contributed by atoms with van der Waals surface area (Å²) in [5.74, 6) is -0.109. The van der Waals surface area contributed by atoms with Crippen molar-refractivity contribution in [3.05, 3.63) is 30.9 Å². The van der Waals surface area contributed by atoms with Gasteiger partial charge in [-0.15, -0.1) is 18.3 Å². The predicted molar refractivity (Wildman–Crippen MR) is 86.6 cm³/mol. The third kappa shape index (κ3) is 3.08. The third-order valence-electron chi connectivity index (χ3n) is 3.40. The van der Waals surface area contributed by atoms with Crippen molar-refractivity contribution in [1.82, 2.24) is 5.32 Å². The summed E-state index contributed by atoms with van der Waals surface area (Å²) < 4.78 is 5.24. The number of carbonyl (C=O) groups is 3. The van der Waals surface area contributed by atoms with Crippen molar-refractivity contribution in [2.24, 2.45) is 0 Å². The average molecular weight is 333 g/mol. The molecule has 1 aromatic carbocycles. The van der Waals surface area contributed by atoms with E-state index in [0.29, 0.717) is 23.7 Å². The fourth-order valence-electron chi connectivity index (χ4n) is 2.36. The second-order valence-electron chi connectivity index (χ2n) is 5.02. The second-order valence-corrected chi connectivity index (χ2v) is 6.04. The number of thioether (sulfide) groups is 1. The summed E-state index contributed by atoms with van der Waals surface area (Å²) in [4.78, 5) is 37.8. The second kappa shape index (κ2) is 6.43. The summed E-state index contributed by atoms with van der Waals surface area (Å²) in [6, 6.07) is 3.87. The number of urea groups is 1. The standard InChI is InChI=1S/C15H15N3O4S/c1-2-5-22-7-11-14(20)18(15(21)17-11)9-3-4-10-12(6-9)23-8-13(19)16-10/h2-4,6,11H,1,5,7-8H2,(H,16,19)(H,17,21). The van der Waals surface area contributed by atoms with Crippen LogP contribution in [0.25, 0.3) is 0 Å². The number of rotatable bonds is 5. The molecule has 2 aliphatic heterocycles. The van der Waals surface area contributed by atoms with E-state index in [-0.39, 0.29) is 18.4 Å². The Labute approximate surface area is 137 Å². The molecule has 2 heterocycles. The number of carbonyl (C=O) groups excluding carboxylic acids is 3. The number of nitrogens with one attached hydrogen (secondary N) is 2. The molecule has 0 aromatic heterocycles. The maximum Gasteiger partial charge on any atom is 0.329 e. The number of hydrogen-bond acceptors (Lipinski definition) is 5. The zero-order valence-electron chi connectivity index (χ0n) is 12.2. The number of anilines is 2. The van der Waals surface area contributed by atoms with E-state index < -0.39 is 12.1 Å². The zero-order chi connectivity index (χ0) is 16.4. The maximum atomic E-state index is 12.4. The Morgan fingerprint density at radius 3 is 3.00 bits per heavy atom. The van der Waals surface area contributed by atoms with Crippen LogP contribution in [0.4, 0.5) is 16.2 Å². The maximum absolute atomic E-state index is 12.4. The topological polar surface area (TPSA) is 87.7 Å². The van der Waals surface area contributed by atoms with Crippen molar-refractivity contribution < 1.29 is 19.1 Å². The summed E-state index contributed by atoms with van der Waals surface area (Å²) in [5, 5.41) is 5.35. The summed E-state index contributed by atoms with van der Waals surface area (Å²) in [5.41, 5.74) is 1.16. The first-order valence-corrected chi connectivity index (χ1v) is 7.98. The number of benzene rings is 1. The molecule has 2 aliphatic rings. The average Bonchev–Trinajstić information content (AvgIpc) is 2.81. The van der Waals surface area contributed by atoms with Gasteiger partial charge in [0.05, 0.1) is 30.3 Å². The molecular weight excluding hydrogens is 318 g/mol. The van der Waals surface area contributed by atoms with Gasteiger partial charge in [-0.3, -0.25) is 9.59 Å². The fraction of sp³-hybridized carbons (Fsp3) is 0.267. The van der Waals surface area contributed by atoms with E-state index >= 15 is 0 Å². The molecule has 1 unspecified atom stereocenters. The molecule has 7 nitrogen and oxygen atoms in total. The highest BCUT2D eigenvalue weighted by Crippen LogP contribution is 2.35. The number of nitrogens with zero attached hydrogens (tertiary/aromatic N) is 1. The number of amides is 4. The molecule has 3 rings (SSSR count). The molecule has 2 N–H and O–H groups in total. The number of hydrogen-bond donors (Lipinski definition) is 2. The number of fused-ring (bicyclic) bond motifs is 1. The Morgan fingerprint density at radius 2 is 2.22 bits per heavy atom. The minimum absolute atomic E-state index is 0.0651. The van der Waals surface area contributed by atoms with Gasteiger partial charge in [0.25, 0.3) is 5.91 Å². The van der Waals surface area contributed by atoms with Crippen LogP contribution in [0.1, 0.15) is 0 Å². The van der Waals surface area contributed by atoms with E-state index in [9.17, 15) is 14.4 Å². The minimum Gasteiger partial charge on any atom is -0.375 e. The van der Waals surface area contributed by atoms with E-state index in [0.717, 1.165) is 9.80 Å². The Morgan fingerprint density at radius 1 is 1.39 bits per heavy atom. The Kier molecular flexibility index (Phi) is 4.35. The van der Waals surface area contributed by atoms with Gasteiger partial charge in [-0.05, 0) is 18.2 Å². The highest BCUT2D eigenvalue weighted by Gasteiger charge is 2.39. The molecule has 1 atom stereocenters. The van der Waals surface area contributed by atoms with Crippen LogP contribution in [0.2, 0.25) is 0 Å². The van der Waals surface area contributed by atoms with Crippen molar-refractivity contribution in [3.8, 4) is 0 Å². The van der Waals surface area contributed by atoms with E-state index in [1.54, 1.807) is 24.3 Å². The number of ether oxygens (including phenoxy) is 1. The lowest BCUT2D eigenvalue weighted by atomic mass is 10.2. The van der Waals surface area contributed by atoms with Crippen molar-refractivity contribution in [1.29, 1.82) is 0 Å². The molecule has 0 aliphatic carbocycles. The molecular formula is C15H15N3O4S. The van der Waals surface area contributed by atoms with Gasteiger partial charge in [-0.25, -0.2) is 9.69 Å². The van der Waals surface area contributed by atoms with Crippen LogP contribution in [0.15, 0.2) is 35.7 Å². The van der Waals surface area contributed by atoms with E-state index in [1.807, 2.05) is 0 Å². The van der Waals surface area contributed by atoms with Gasteiger partial charge in [0.2, 0.25) is 5.91 Å². The minimum atomic E-state index is -0.703. The van der Waals surface area contributed by atoms with Crippen LogP contribution in [-0.4, -0.2) is 42.9 Å². The molecule has 4 amide bonds. The lowest BCUT2D eigenvalue weighted by Gasteiger charge is -2.19. The Hall–Kier alpha value is -2.32. The first-order valence-electron chi connectivity index (χ1n) is 7.00. The quantitative estimate of drug-likeness (QED) is 0.483. The lowest BCUT2D eigenvalue weighted by Crippen LogP contribution is -2.34. The van der Waals surface area contributed by atoms with Gasteiger partial charge in [0.1, 0.15) is 6.04 Å². The highest BCUT2D eigenvalue weighted by atomic mass is 32.2. The molecule has 8 heteroatoms. The van der Waals surface area contributed by atoms with E-state index in [2.05, 4.69) is 17.2 Å². The van der Waals surface area contributed by atoms with Crippen molar-refractivity contribution in [2.75, 3.05) is 29.2 Å². The largest absolute Gasteiger partial charge is 0.375 e. The molecule has 0 saturated carbocycles. The van der Waals surface area contributed by atoms with E-state index in [1.165, 1.54) is 11.8 Å². The number of imide groups is 1. The third-order valence-corrected chi connectivity index (χ3v) is 4.45. The predicted octanol–water partition coefficient (Wildman–Crippen LogP) is 1.36. The van der Waals surface area contributed by atoms with Crippen LogP contribution < -0.4 is 15.5 Å². The summed E-state index contributed by atoms with van der Waals surface area (Å²) in [6.07, 6.45) is 1.58. The molecule has 120 valence electrons. The van der Waals surface area contributed by atoms with Gasteiger partial charge < -0.3 is 15.4 Å². The van der Waals surface area contributed by atoms with Crippen LogP contribution in [0.5, 0.6) is 0 Å². The van der Waals surface area contributed by atoms with Gasteiger partial charge in [0, 0.05) is 4.90 Å². The van der Waals surface area contributed by atoms with Crippen LogP contribution in [-0.2, 0) is 14.3 Å². The molecule has 1 aromatic rings. The molecule has 23 heavy (non-hydrogen) atoms. The van der Waals surface area contributed by atoms with Gasteiger partial charge in [-0.1, -0.05) is 6.08 Å². The Balaban J connectivity index is 1.78. The normalized spacial score (nSPS) is 20.1. The summed E-state index contributed by atoms with van der Waals surface area (Å²) >= 11 is 1.37. The van der Waals surface area contributed by atoms with Gasteiger partial charge >= 0.3 is 6.03 Å². The van der Waals surface area contributed by atoms with E-state index in [4.69, 9.17) is 4.74 Å². The summed E-state index contributed by atoms with van der Waals surface area (Å²) in [6.45, 7) is 3.94. The van der Waals surface area contributed by atoms with Crippen molar-refractivity contribution in [3.63, 3.8) is 0 Å². The van der Waals surface area contributed by atoms with Crippen LogP contribution in [0, 0.1) is 0 Å². The van der Waals surface area contributed by atoms with Crippen molar-refractivity contribution in [2.45, 2.75) is 10.9 Å². The SMILES string of the molecule is C=CCOCC1NC(=O)N(c2ccc3c(c2)SCC(=O)N3)C1=O. The monoisotopic (exact) mass is 333 g/mol. The smallest absolute Gasteiger partial charge is 0.329 e. The first-order chi connectivity index (χ1) is 11.1. The van der Waals surface area contributed by atoms with Crippen LogP contribution >= 0.6 is 11.8 Å². The molecule has 1 saturated heterocycles. The highest BCUT2D eigenvalue weighted by molar-refractivity contribution is 8.00. The molecule has 0 radical (unpaired) electrons. The molecule has 0 spiro atoms. The fourth-order valence-corrected chi connectivity index (χ4v) is 3.20. The van der Waals surface area contributed by atoms with Gasteiger partial charge in [0.15, 0.2) is 0 Å². The molecule has 0 bridgehead atoms. The van der Waals surface area contributed by atoms with Crippen LogP contribution in [0.3, 0.4) is 0 Å². The lowest BCUT2D eigenvalue weighted by molar-refractivity contribution is -0.119. The van der Waals surface area contributed by atoms with Crippen molar-refractivity contribution >= 4 is 41.0 Å². The van der Waals surface area contributed by atoms with Gasteiger partial charge in [-0.2, -0.15) is 0 Å². The molecule has 1 fully saturated rings. The Bertz CT molecular complexity index is 691.